The lowest BCUT2D eigenvalue weighted by molar-refractivity contribution is -0.385. The van der Waals surface area contributed by atoms with Gasteiger partial charge < -0.3 is 4.74 Å². The number of nitrogens with zero attached hydrogens (tertiary/aromatic N) is 3. The molecule has 0 saturated heterocycles. The summed E-state index contributed by atoms with van der Waals surface area (Å²) in [5.74, 6) is 0.188. The lowest BCUT2D eigenvalue weighted by atomic mass is 10.1. The molecule has 0 spiro atoms. The maximum atomic E-state index is 11.2. The number of nitro benzene ring substituents is 1. The molecule has 1 aromatic carbocycles. The summed E-state index contributed by atoms with van der Waals surface area (Å²) in [6.07, 6.45) is 0. The van der Waals surface area contributed by atoms with Gasteiger partial charge >= 0.3 is 5.69 Å². The summed E-state index contributed by atoms with van der Waals surface area (Å²) in [6.45, 7) is 5.25. The van der Waals surface area contributed by atoms with Crippen LogP contribution in [0, 0.1) is 42.2 Å². The Morgan fingerprint density at radius 3 is 2.62 bits per heavy atom. The van der Waals surface area contributed by atoms with Crippen LogP contribution >= 0.6 is 0 Å². The fraction of sp³-hybridized carbons (Fsp3) is 0.200. The highest BCUT2D eigenvalue weighted by Gasteiger charge is 2.21. The van der Waals surface area contributed by atoms with Crippen LogP contribution < -0.4 is 4.74 Å². The summed E-state index contributed by atoms with van der Waals surface area (Å²) in [4.78, 5) is 14.8. The molecule has 6 heteroatoms. The van der Waals surface area contributed by atoms with Crippen LogP contribution in [0.1, 0.15) is 22.4 Å². The minimum atomic E-state index is -0.503. The number of nitriles is 1. The van der Waals surface area contributed by atoms with Crippen LogP contribution in [0.25, 0.3) is 0 Å². The average Bonchev–Trinajstić information content (AvgIpc) is 2.41. The van der Waals surface area contributed by atoms with Crippen molar-refractivity contribution in [3.05, 3.63) is 56.8 Å². The summed E-state index contributed by atoms with van der Waals surface area (Å²) >= 11 is 0. The van der Waals surface area contributed by atoms with Gasteiger partial charge in [0, 0.05) is 11.8 Å². The molecule has 0 saturated carbocycles. The van der Waals surface area contributed by atoms with Crippen LogP contribution in [0.15, 0.2) is 24.3 Å². The molecule has 0 fully saturated rings. The third-order valence-electron chi connectivity index (χ3n) is 2.91. The molecular weight excluding hydrogens is 270 g/mol. The molecule has 0 aliphatic heterocycles. The lowest BCUT2D eigenvalue weighted by Gasteiger charge is -2.10. The molecule has 0 atom stereocenters. The van der Waals surface area contributed by atoms with Gasteiger partial charge in [-0.1, -0.05) is 6.07 Å². The van der Waals surface area contributed by atoms with E-state index in [0.29, 0.717) is 11.3 Å². The number of nitro groups is 1. The van der Waals surface area contributed by atoms with Crippen LogP contribution in [0.3, 0.4) is 0 Å². The second-order valence-corrected chi connectivity index (χ2v) is 4.71. The van der Waals surface area contributed by atoms with E-state index in [1.54, 1.807) is 39.0 Å². The Hall–Kier alpha value is -2.94. The summed E-state index contributed by atoms with van der Waals surface area (Å²) in [6, 6.07) is 8.44. The third-order valence-corrected chi connectivity index (χ3v) is 2.91. The standard InChI is InChI=1S/C15H13N3O3/c1-9-6-10(2)14(13(7-9)18(19)20)21-15-12(8-16)5-4-11(3)17-15/h4-7H,1-3H3. The summed E-state index contributed by atoms with van der Waals surface area (Å²) < 4.78 is 5.58. The number of hydrogen-bond acceptors (Lipinski definition) is 5. The third kappa shape index (κ3) is 2.98. The van der Waals surface area contributed by atoms with E-state index in [0.717, 1.165) is 5.56 Å². The zero-order valence-electron chi connectivity index (χ0n) is 11.9. The van der Waals surface area contributed by atoms with Crippen molar-refractivity contribution in [3.8, 4) is 17.7 Å². The van der Waals surface area contributed by atoms with Crippen molar-refractivity contribution < 1.29 is 9.66 Å². The first-order valence-electron chi connectivity index (χ1n) is 6.23. The zero-order chi connectivity index (χ0) is 15.6. The lowest BCUT2D eigenvalue weighted by Crippen LogP contribution is -2.00. The summed E-state index contributed by atoms with van der Waals surface area (Å²) in [5, 5.41) is 20.3. The second-order valence-electron chi connectivity index (χ2n) is 4.71. The van der Waals surface area contributed by atoms with Gasteiger partial charge in [0.25, 0.3) is 0 Å². The van der Waals surface area contributed by atoms with Crippen molar-refractivity contribution in [1.82, 2.24) is 4.98 Å². The maximum Gasteiger partial charge on any atom is 0.312 e. The number of benzene rings is 1. The molecule has 0 unspecified atom stereocenters. The predicted molar refractivity (Wildman–Crippen MR) is 76.3 cm³/mol. The van der Waals surface area contributed by atoms with Crippen molar-refractivity contribution >= 4 is 5.69 Å². The van der Waals surface area contributed by atoms with Crippen LogP contribution in [0.4, 0.5) is 5.69 Å². The molecule has 0 bridgehead atoms. The Labute approximate surface area is 121 Å². The fourth-order valence-electron chi connectivity index (χ4n) is 1.99. The van der Waals surface area contributed by atoms with E-state index in [-0.39, 0.29) is 22.9 Å². The van der Waals surface area contributed by atoms with Gasteiger partial charge in [0.2, 0.25) is 11.6 Å². The Kier molecular flexibility index (Phi) is 3.85. The second kappa shape index (κ2) is 5.59. The van der Waals surface area contributed by atoms with Crippen LogP contribution in [0.5, 0.6) is 11.6 Å². The SMILES string of the molecule is Cc1cc(C)c(Oc2nc(C)ccc2C#N)c([N+](=O)[O-])c1. The number of pyridine rings is 1. The average molecular weight is 283 g/mol. The molecule has 0 aliphatic carbocycles. The molecule has 0 N–H and O–H groups in total. The number of rotatable bonds is 3. The van der Waals surface area contributed by atoms with E-state index >= 15 is 0 Å². The van der Waals surface area contributed by atoms with E-state index < -0.39 is 4.92 Å². The molecule has 6 nitrogen and oxygen atoms in total. The van der Waals surface area contributed by atoms with Gasteiger partial charge in [0.15, 0.2) is 0 Å². The highest BCUT2D eigenvalue weighted by atomic mass is 16.6. The summed E-state index contributed by atoms with van der Waals surface area (Å²) in [7, 11) is 0. The molecule has 106 valence electrons. The van der Waals surface area contributed by atoms with Crippen molar-refractivity contribution in [3.63, 3.8) is 0 Å². The van der Waals surface area contributed by atoms with Crippen molar-refractivity contribution in [2.75, 3.05) is 0 Å². The molecule has 0 amide bonds. The van der Waals surface area contributed by atoms with Crippen molar-refractivity contribution in [2.45, 2.75) is 20.8 Å². The van der Waals surface area contributed by atoms with E-state index in [1.165, 1.54) is 6.07 Å². The van der Waals surface area contributed by atoms with E-state index in [1.807, 2.05) is 6.07 Å². The van der Waals surface area contributed by atoms with Crippen LogP contribution in [-0.2, 0) is 0 Å². The van der Waals surface area contributed by atoms with Gasteiger partial charge in [0.05, 0.1) is 4.92 Å². The first kappa shape index (κ1) is 14.5. The Morgan fingerprint density at radius 1 is 1.29 bits per heavy atom. The number of aromatic nitrogens is 1. The van der Waals surface area contributed by atoms with Gasteiger partial charge in [-0.2, -0.15) is 5.26 Å². The topological polar surface area (TPSA) is 89.0 Å². The Bertz CT molecular complexity index is 763. The van der Waals surface area contributed by atoms with Crippen molar-refractivity contribution in [1.29, 1.82) is 5.26 Å². The van der Waals surface area contributed by atoms with Crippen molar-refractivity contribution in [2.24, 2.45) is 0 Å². The van der Waals surface area contributed by atoms with Crippen LogP contribution in [0.2, 0.25) is 0 Å². The number of hydrogen-bond donors (Lipinski definition) is 0. The monoisotopic (exact) mass is 283 g/mol. The van der Waals surface area contributed by atoms with E-state index in [9.17, 15) is 10.1 Å². The molecule has 0 radical (unpaired) electrons. The number of aryl methyl sites for hydroxylation is 3. The molecule has 1 heterocycles. The molecule has 0 aliphatic rings. The minimum absolute atomic E-state index is 0.0764. The minimum Gasteiger partial charge on any atom is -0.430 e. The Morgan fingerprint density at radius 2 is 2.00 bits per heavy atom. The molecule has 1 aromatic heterocycles. The predicted octanol–water partition coefficient (Wildman–Crippen LogP) is 3.58. The Balaban J connectivity index is 2.57. The first-order chi connectivity index (χ1) is 9.92. The smallest absolute Gasteiger partial charge is 0.312 e. The summed E-state index contributed by atoms with van der Waals surface area (Å²) in [5.41, 5.74) is 2.14. The number of ether oxygens (including phenoxy) is 1. The maximum absolute atomic E-state index is 11.2. The largest absolute Gasteiger partial charge is 0.430 e. The van der Waals surface area contributed by atoms with Gasteiger partial charge in [-0.15, -0.1) is 0 Å². The van der Waals surface area contributed by atoms with Crippen LogP contribution in [-0.4, -0.2) is 9.91 Å². The zero-order valence-corrected chi connectivity index (χ0v) is 11.9. The van der Waals surface area contributed by atoms with Gasteiger partial charge in [0.1, 0.15) is 11.6 Å². The van der Waals surface area contributed by atoms with Gasteiger partial charge in [-0.25, -0.2) is 4.98 Å². The quantitative estimate of drug-likeness (QED) is 0.634. The van der Waals surface area contributed by atoms with Gasteiger partial charge in [-0.3, -0.25) is 10.1 Å². The fourth-order valence-corrected chi connectivity index (χ4v) is 1.99. The highest BCUT2D eigenvalue weighted by molar-refractivity contribution is 5.56. The van der Waals surface area contributed by atoms with E-state index in [4.69, 9.17) is 10.00 Å². The van der Waals surface area contributed by atoms with E-state index in [2.05, 4.69) is 4.98 Å². The normalized spacial score (nSPS) is 10.0. The first-order valence-corrected chi connectivity index (χ1v) is 6.23. The molecular formula is C15H13N3O3. The highest BCUT2D eigenvalue weighted by Crippen LogP contribution is 2.36. The molecule has 2 rings (SSSR count). The molecule has 2 aromatic rings. The van der Waals surface area contributed by atoms with Gasteiger partial charge in [-0.05, 0) is 44.0 Å². The molecule has 21 heavy (non-hydrogen) atoms.